The van der Waals surface area contributed by atoms with Gasteiger partial charge in [0.1, 0.15) is 5.69 Å². The molecule has 3 nitrogen and oxygen atoms in total. The summed E-state index contributed by atoms with van der Waals surface area (Å²) in [6.45, 7) is 6.97. The lowest BCUT2D eigenvalue weighted by molar-refractivity contribution is 0.0791. The minimum Gasteiger partial charge on any atom is -0.341 e. The smallest absolute Gasteiger partial charge is 0.270 e. The van der Waals surface area contributed by atoms with Crippen LogP contribution < -0.4 is 0 Å². The van der Waals surface area contributed by atoms with Gasteiger partial charge in [0.05, 0.1) is 16.3 Å². The molecule has 0 radical (unpaired) electrons. The lowest BCUT2D eigenvalue weighted by Crippen LogP contribution is -2.29. The van der Waals surface area contributed by atoms with E-state index in [1.54, 1.807) is 16.2 Å². The fourth-order valence-corrected chi connectivity index (χ4v) is 3.89. The topological polar surface area (TPSA) is 25.2 Å². The zero-order valence-electron chi connectivity index (χ0n) is 14.0. The van der Waals surface area contributed by atoms with Gasteiger partial charge < -0.3 is 9.47 Å². The van der Waals surface area contributed by atoms with Crippen molar-refractivity contribution in [2.24, 2.45) is 0 Å². The van der Waals surface area contributed by atoms with Gasteiger partial charge in [0.2, 0.25) is 0 Å². The molecule has 1 aromatic carbocycles. The molecule has 0 spiro atoms. The first-order chi connectivity index (χ1) is 11.0. The maximum absolute atomic E-state index is 12.8. The van der Waals surface area contributed by atoms with Crippen LogP contribution in [0.4, 0.5) is 0 Å². The highest BCUT2D eigenvalue weighted by Crippen LogP contribution is 2.33. The Morgan fingerprint density at radius 2 is 1.96 bits per heavy atom. The number of fused-ring (bicyclic) bond motifs is 1. The van der Waals surface area contributed by atoms with Gasteiger partial charge in [-0.1, -0.05) is 30.3 Å². The van der Waals surface area contributed by atoms with Gasteiger partial charge in [-0.2, -0.15) is 0 Å². The molecule has 23 heavy (non-hydrogen) atoms. The number of amides is 1. The van der Waals surface area contributed by atoms with Crippen molar-refractivity contribution in [1.82, 2.24) is 9.47 Å². The summed E-state index contributed by atoms with van der Waals surface area (Å²) < 4.78 is 3.36. The molecular weight excluding hydrogens is 304 g/mol. The van der Waals surface area contributed by atoms with Crippen molar-refractivity contribution in [1.29, 1.82) is 0 Å². The fraction of sp³-hybridized carbons (Fsp3) is 0.316. The van der Waals surface area contributed by atoms with Crippen molar-refractivity contribution in [3.63, 3.8) is 0 Å². The summed E-state index contributed by atoms with van der Waals surface area (Å²) in [7, 11) is 1.85. The van der Waals surface area contributed by atoms with Crippen molar-refractivity contribution in [3.05, 3.63) is 58.6 Å². The highest BCUT2D eigenvalue weighted by atomic mass is 32.1. The first-order valence-electron chi connectivity index (χ1n) is 7.94. The van der Waals surface area contributed by atoms with E-state index in [2.05, 4.69) is 36.6 Å². The second-order valence-corrected chi connectivity index (χ2v) is 7.20. The highest BCUT2D eigenvalue weighted by molar-refractivity contribution is 7.19. The number of nitrogens with zero attached hydrogens (tertiary/aromatic N) is 2. The number of thiophene rings is 1. The van der Waals surface area contributed by atoms with Crippen LogP contribution in [0.5, 0.6) is 0 Å². The van der Waals surface area contributed by atoms with E-state index >= 15 is 0 Å². The van der Waals surface area contributed by atoms with Gasteiger partial charge in [-0.25, -0.2) is 0 Å². The number of aromatic nitrogens is 1. The Kier molecular flexibility index (Phi) is 4.26. The Bertz CT molecular complexity index is 832. The summed E-state index contributed by atoms with van der Waals surface area (Å²) in [6.07, 6.45) is 0. The number of hydrogen-bond acceptors (Lipinski definition) is 2. The molecule has 1 unspecified atom stereocenters. The van der Waals surface area contributed by atoms with E-state index in [0.29, 0.717) is 6.54 Å². The number of rotatable bonds is 4. The third-order valence-electron chi connectivity index (χ3n) is 4.36. The second-order valence-electron chi connectivity index (χ2n) is 5.91. The standard InChI is InChI=1S/C19H22N2OS/c1-5-20(4)19(22)17-12-18-16(11-13(2)23-18)21(17)14(3)15-9-7-6-8-10-15/h6-12,14H,5H2,1-4H3. The van der Waals surface area contributed by atoms with Crippen molar-refractivity contribution >= 4 is 27.5 Å². The Morgan fingerprint density at radius 3 is 2.61 bits per heavy atom. The molecule has 3 rings (SSSR count). The van der Waals surface area contributed by atoms with E-state index in [9.17, 15) is 4.79 Å². The molecule has 0 aliphatic carbocycles. The predicted octanol–water partition coefficient (Wildman–Crippen LogP) is 4.71. The third-order valence-corrected chi connectivity index (χ3v) is 5.35. The molecule has 0 fully saturated rings. The maximum Gasteiger partial charge on any atom is 0.270 e. The number of hydrogen-bond donors (Lipinski definition) is 0. The van der Waals surface area contributed by atoms with Crippen LogP contribution >= 0.6 is 11.3 Å². The molecule has 0 saturated carbocycles. The number of aryl methyl sites for hydroxylation is 1. The lowest BCUT2D eigenvalue weighted by Gasteiger charge is -2.21. The first kappa shape index (κ1) is 15.8. The van der Waals surface area contributed by atoms with Gasteiger partial charge in [0, 0.05) is 18.5 Å². The van der Waals surface area contributed by atoms with E-state index in [1.165, 1.54) is 15.1 Å². The van der Waals surface area contributed by atoms with Crippen LogP contribution in [0.1, 0.15) is 40.8 Å². The molecule has 1 amide bonds. The average Bonchev–Trinajstić information content (AvgIpc) is 3.09. The molecule has 2 aromatic heterocycles. The van der Waals surface area contributed by atoms with Crippen LogP contribution in [0.15, 0.2) is 42.5 Å². The highest BCUT2D eigenvalue weighted by Gasteiger charge is 2.23. The minimum atomic E-state index is 0.0799. The van der Waals surface area contributed by atoms with Crippen LogP contribution in [0, 0.1) is 6.92 Å². The van der Waals surface area contributed by atoms with Gasteiger partial charge in [-0.3, -0.25) is 4.79 Å². The Morgan fingerprint density at radius 1 is 1.26 bits per heavy atom. The van der Waals surface area contributed by atoms with Crippen molar-refractivity contribution in [2.75, 3.05) is 13.6 Å². The molecule has 3 aromatic rings. The summed E-state index contributed by atoms with van der Waals surface area (Å²) in [5.41, 5.74) is 3.13. The molecule has 0 bridgehead atoms. The van der Waals surface area contributed by atoms with Crippen molar-refractivity contribution in [3.8, 4) is 0 Å². The summed E-state index contributed by atoms with van der Waals surface area (Å²) in [6, 6.07) is 14.7. The van der Waals surface area contributed by atoms with E-state index in [0.717, 1.165) is 11.2 Å². The van der Waals surface area contributed by atoms with Crippen LogP contribution in [0.2, 0.25) is 0 Å². The monoisotopic (exact) mass is 326 g/mol. The molecule has 4 heteroatoms. The van der Waals surface area contributed by atoms with Crippen LogP contribution in [0.25, 0.3) is 10.2 Å². The Balaban J connectivity index is 2.17. The zero-order valence-corrected chi connectivity index (χ0v) is 14.9. The number of carbonyl (C=O) groups is 1. The average molecular weight is 326 g/mol. The van der Waals surface area contributed by atoms with Crippen molar-refractivity contribution < 1.29 is 4.79 Å². The SMILES string of the molecule is CCN(C)C(=O)c1cc2sc(C)cc2n1C(C)c1ccccc1. The van der Waals surface area contributed by atoms with Crippen LogP contribution in [-0.4, -0.2) is 29.0 Å². The third kappa shape index (κ3) is 2.79. The lowest BCUT2D eigenvalue weighted by atomic mass is 10.1. The summed E-state index contributed by atoms with van der Waals surface area (Å²) in [5, 5.41) is 0. The summed E-state index contributed by atoms with van der Waals surface area (Å²) >= 11 is 1.74. The van der Waals surface area contributed by atoms with Gasteiger partial charge in [-0.15, -0.1) is 11.3 Å². The van der Waals surface area contributed by atoms with Crippen LogP contribution in [0.3, 0.4) is 0 Å². The normalized spacial score (nSPS) is 12.5. The van der Waals surface area contributed by atoms with Gasteiger partial charge in [0.25, 0.3) is 5.91 Å². The van der Waals surface area contributed by atoms with E-state index in [4.69, 9.17) is 0 Å². The molecular formula is C19H22N2OS. The van der Waals surface area contributed by atoms with Gasteiger partial charge in [0.15, 0.2) is 0 Å². The van der Waals surface area contributed by atoms with Gasteiger partial charge >= 0.3 is 0 Å². The van der Waals surface area contributed by atoms with Crippen LogP contribution in [-0.2, 0) is 0 Å². The molecule has 120 valence electrons. The molecule has 0 N–H and O–H groups in total. The largest absolute Gasteiger partial charge is 0.341 e. The van der Waals surface area contributed by atoms with E-state index < -0.39 is 0 Å². The van der Waals surface area contributed by atoms with Crippen molar-refractivity contribution in [2.45, 2.75) is 26.8 Å². The second kappa shape index (κ2) is 6.20. The molecule has 0 aliphatic heterocycles. The molecule has 1 atom stereocenters. The maximum atomic E-state index is 12.8. The number of benzene rings is 1. The predicted molar refractivity (Wildman–Crippen MR) is 97.4 cm³/mol. The molecule has 0 aliphatic rings. The fourth-order valence-electron chi connectivity index (χ4n) is 2.94. The van der Waals surface area contributed by atoms with E-state index in [-0.39, 0.29) is 11.9 Å². The quantitative estimate of drug-likeness (QED) is 0.681. The van der Waals surface area contributed by atoms with E-state index in [1.807, 2.05) is 38.2 Å². The summed E-state index contributed by atoms with van der Waals surface area (Å²) in [5.74, 6) is 0.0799. The Hall–Kier alpha value is -2.07. The molecule has 2 heterocycles. The minimum absolute atomic E-state index is 0.0799. The van der Waals surface area contributed by atoms with Gasteiger partial charge in [-0.05, 0) is 38.5 Å². The first-order valence-corrected chi connectivity index (χ1v) is 8.76. The zero-order chi connectivity index (χ0) is 16.6. The number of carbonyl (C=O) groups excluding carboxylic acids is 1. The Labute approximate surface area is 141 Å². The summed E-state index contributed by atoms with van der Waals surface area (Å²) in [4.78, 5) is 15.8. The molecule has 0 saturated heterocycles.